The van der Waals surface area contributed by atoms with Crippen LogP contribution in [0.2, 0.25) is 0 Å². The van der Waals surface area contributed by atoms with E-state index in [-0.39, 0.29) is 35.6 Å². The van der Waals surface area contributed by atoms with Gasteiger partial charge >= 0.3 is 0 Å². The third-order valence-electron chi connectivity index (χ3n) is 8.92. The van der Waals surface area contributed by atoms with Crippen molar-refractivity contribution in [1.29, 1.82) is 0 Å². The number of amides is 2. The predicted molar refractivity (Wildman–Crippen MR) is 172 cm³/mol. The lowest BCUT2D eigenvalue weighted by Gasteiger charge is -2.35. The summed E-state index contributed by atoms with van der Waals surface area (Å²) in [5.41, 5.74) is 0.947. The van der Waals surface area contributed by atoms with Gasteiger partial charge in [-0.25, -0.2) is 4.98 Å². The van der Waals surface area contributed by atoms with Gasteiger partial charge in [0, 0.05) is 76.1 Å². The first-order valence-corrected chi connectivity index (χ1v) is 15.5. The molecule has 1 aromatic heterocycles. The van der Waals surface area contributed by atoms with Crippen LogP contribution in [-0.4, -0.2) is 93.1 Å². The van der Waals surface area contributed by atoms with Crippen LogP contribution in [-0.2, 0) is 16.1 Å². The Balaban J connectivity index is 1.15. The third kappa shape index (κ3) is 7.92. The molecule has 44 heavy (non-hydrogen) atoms. The van der Waals surface area contributed by atoms with Gasteiger partial charge in [0.15, 0.2) is 0 Å². The minimum atomic E-state index is -1.02. The highest BCUT2D eigenvalue weighted by molar-refractivity contribution is 6.00. The van der Waals surface area contributed by atoms with E-state index in [1.165, 1.54) is 6.08 Å². The average molecular weight is 601 g/mol. The molecule has 5 rings (SSSR count). The molecule has 2 N–H and O–H groups in total. The Morgan fingerprint density at radius 1 is 1.05 bits per heavy atom. The molecule has 0 saturated carbocycles. The Morgan fingerprint density at radius 3 is 2.43 bits per heavy atom. The number of likely N-dealkylation sites (tertiary alicyclic amines) is 1. The van der Waals surface area contributed by atoms with Gasteiger partial charge < -0.3 is 25.1 Å². The number of aliphatic hydroxyl groups is 1. The molecule has 2 saturated heterocycles. The number of nitrogens with zero attached hydrogens (tertiary/aromatic N) is 5. The quantitative estimate of drug-likeness (QED) is 0.363. The molecule has 3 aromatic rings. The smallest absolute Gasteiger partial charge is 0.261 e. The van der Waals surface area contributed by atoms with Crippen LogP contribution in [0.3, 0.4) is 0 Å². The lowest BCUT2D eigenvalue weighted by Crippen LogP contribution is -2.42. The second kappa shape index (κ2) is 13.7. The van der Waals surface area contributed by atoms with Crippen molar-refractivity contribution in [1.82, 2.24) is 24.3 Å². The number of fused-ring (bicyclic) bond motifs is 1. The second-order valence-corrected chi connectivity index (χ2v) is 12.7. The molecule has 2 amide bonds. The number of benzene rings is 2. The van der Waals surface area contributed by atoms with E-state index in [9.17, 15) is 19.5 Å². The van der Waals surface area contributed by atoms with Crippen LogP contribution >= 0.6 is 0 Å². The number of aromatic nitrogens is 2. The van der Waals surface area contributed by atoms with Crippen LogP contribution in [0.5, 0.6) is 0 Å². The summed E-state index contributed by atoms with van der Waals surface area (Å²) in [6, 6.07) is 14.9. The second-order valence-electron chi connectivity index (χ2n) is 12.7. The lowest BCUT2D eigenvalue weighted by atomic mass is 9.81. The number of anilines is 1. The SMILES string of the molecule is CN1CCN(C=CC(=O)Nc2ccc3c(=O)n(CC4CCN(C(=O)C[C@@H](c5ccccc5)C(C)(C)O)CC4)cnc3c2)CC1. The molecule has 10 nitrogen and oxygen atoms in total. The van der Waals surface area contributed by atoms with E-state index in [1.54, 1.807) is 42.9 Å². The van der Waals surface area contributed by atoms with Gasteiger partial charge in [0.25, 0.3) is 5.56 Å². The summed E-state index contributed by atoms with van der Waals surface area (Å²) in [4.78, 5) is 49.8. The van der Waals surface area contributed by atoms with E-state index in [4.69, 9.17) is 0 Å². The summed E-state index contributed by atoms with van der Waals surface area (Å²) < 4.78 is 1.65. The number of piperidine rings is 1. The van der Waals surface area contributed by atoms with Crippen LogP contribution in [0.1, 0.15) is 44.6 Å². The first-order chi connectivity index (χ1) is 21.1. The van der Waals surface area contributed by atoms with Crippen molar-refractivity contribution in [2.24, 2.45) is 5.92 Å². The molecule has 234 valence electrons. The van der Waals surface area contributed by atoms with Crippen molar-refractivity contribution in [3.8, 4) is 0 Å². The summed E-state index contributed by atoms with van der Waals surface area (Å²) in [7, 11) is 2.09. The van der Waals surface area contributed by atoms with Gasteiger partial charge in [-0.3, -0.25) is 19.0 Å². The number of hydrogen-bond acceptors (Lipinski definition) is 7. The van der Waals surface area contributed by atoms with E-state index in [0.717, 1.165) is 44.6 Å². The maximum atomic E-state index is 13.3. The number of hydrogen-bond donors (Lipinski definition) is 2. The van der Waals surface area contributed by atoms with E-state index >= 15 is 0 Å². The molecule has 2 aliphatic rings. The first kappa shape index (κ1) is 31.4. The van der Waals surface area contributed by atoms with E-state index in [0.29, 0.717) is 36.2 Å². The largest absolute Gasteiger partial charge is 0.390 e. The Morgan fingerprint density at radius 2 is 1.75 bits per heavy atom. The van der Waals surface area contributed by atoms with Gasteiger partial charge in [0.1, 0.15) is 0 Å². The van der Waals surface area contributed by atoms with Gasteiger partial charge in [-0.05, 0) is 63.4 Å². The normalized spacial score (nSPS) is 17.7. The summed E-state index contributed by atoms with van der Waals surface area (Å²) in [6.07, 6.45) is 6.78. The van der Waals surface area contributed by atoms with Crippen molar-refractivity contribution >= 4 is 28.4 Å². The number of likely N-dealkylation sites (N-methyl/N-ethyl adjacent to an activating group) is 1. The highest BCUT2D eigenvalue weighted by Gasteiger charge is 2.33. The maximum Gasteiger partial charge on any atom is 0.261 e. The molecule has 10 heteroatoms. The average Bonchev–Trinajstić information content (AvgIpc) is 3.01. The molecule has 2 fully saturated rings. The standard InChI is InChI=1S/C34H44N6O4/c1-34(2,44)29(26-7-5-4-6-8-26)22-32(42)39-15-11-25(12-16-39)23-40-24-35-30-21-27(9-10-28(30)33(40)43)36-31(41)13-14-38-19-17-37(3)18-20-38/h4-10,13-14,21,24-25,29,44H,11-12,15-20,22-23H2,1-3H3,(H,36,41)/t29-/m0/s1. The van der Waals surface area contributed by atoms with Gasteiger partial charge in [0.2, 0.25) is 11.8 Å². The van der Waals surface area contributed by atoms with Crippen molar-refractivity contribution < 1.29 is 14.7 Å². The highest BCUT2D eigenvalue weighted by Crippen LogP contribution is 2.32. The molecule has 0 bridgehead atoms. The molecule has 2 aromatic carbocycles. The summed E-state index contributed by atoms with van der Waals surface area (Å²) >= 11 is 0. The molecule has 1 atom stereocenters. The zero-order valence-electron chi connectivity index (χ0n) is 26.0. The Hall–Kier alpha value is -4.02. The minimum Gasteiger partial charge on any atom is -0.390 e. The fraction of sp³-hybridized carbons (Fsp3) is 0.471. The molecular formula is C34H44N6O4. The van der Waals surface area contributed by atoms with Crippen LogP contribution in [0.15, 0.2) is 71.9 Å². The zero-order chi connectivity index (χ0) is 31.3. The Kier molecular flexibility index (Phi) is 9.80. The van der Waals surface area contributed by atoms with Gasteiger partial charge in [-0.15, -0.1) is 0 Å². The van der Waals surface area contributed by atoms with E-state index in [1.807, 2.05) is 41.4 Å². The predicted octanol–water partition coefficient (Wildman–Crippen LogP) is 3.28. The van der Waals surface area contributed by atoms with Crippen LogP contribution in [0.25, 0.3) is 10.9 Å². The number of piperazine rings is 1. The zero-order valence-corrected chi connectivity index (χ0v) is 26.0. The van der Waals surface area contributed by atoms with Crippen molar-refractivity contribution in [3.05, 3.63) is 83.1 Å². The number of carbonyl (C=O) groups is 2. The fourth-order valence-electron chi connectivity index (χ4n) is 6.10. The third-order valence-corrected chi connectivity index (χ3v) is 8.92. The number of rotatable bonds is 9. The van der Waals surface area contributed by atoms with Gasteiger partial charge in [0.05, 0.1) is 22.8 Å². The summed E-state index contributed by atoms with van der Waals surface area (Å²) in [5.74, 6) is -0.219. The molecule has 0 aliphatic carbocycles. The van der Waals surface area contributed by atoms with Crippen molar-refractivity contribution in [2.75, 3.05) is 51.6 Å². The monoisotopic (exact) mass is 600 g/mol. The highest BCUT2D eigenvalue weighted by atomic mass is 16.3. The fourth-order valence-corrected chi connectivity index (χ4v) is 6.10. The molecule has 0 spiro atoms. The topological polar surface area (TPSA) is 111 Å². The van der Waals surface area contributed by atoms with Gasteiger partial charge in [-0.2, -0.15) is 0 Å². The molecule has 3 heterocycles. The summed E-state index contributed by atoms with van der Waals surface area (Å²) in [5, 5.41) is 14.2. The van der Waals surface area contributed by atoms with E-state index < -0.39 is 5.60 Å². The van der Waals surface area contributed by atoms with Gasteiger partial charge in [-0.1, -0.05) is 30.3 Å². The van der Waals surface area contributed by atoms with Crippen molar-refractivity contribution in [3.63, 3.8) is 0 Å². The lowest BCUT2D eigenvalue weighted by molar-refractivity contribution is -0.134. The maximum absolute atomic E-state index is 13.3. The first-order valence-electron chi connectivity index (χ1n) is 15.5. The van der Waals surface area contributed by atoms with E-state index in [2.05, 4.69) is 27.1 Å². The summed E-state index contributed by atoms with van der Waals surface area (Å²) in [6.45, 7) is 9.02. The van der Waals surface area contributed by atoms with Crippen molar-refractivity contribution in [2.45, 2.75) is 51.2 Å². The number of carbonyl (C=O) groups excluding carboxylic acids is 2. The van der Waals surface area contributed by atoms with Crippen LogP contribution in [0.4, 0.5) is 5.69 Å². The van der Waals surface area contributed by atoms with Crippen LogP contribution < -0.4 is 10.9 Å². The Bertz CT molecular complexity index is 1530. The minimum absolute atomic E-state index is 0.0432. The van der Waals surface area contributed by atoms with Crippen LogP contribution in [0, 0.1) is 5.92 Å². The molecular weight excluding hydrogens is 556 g/mol. The molecule has 0 radical (unpaired) electrons. The number of nitrogens with one attached hydrogen (secondary N) is 1. The molecule has 2 aliphatic heterocycles. The molecule has 0 unspecified atom stereocenters. The Labute approximate surface area is 259 Å².